The average molecular weight is 397 g/mol. The maximum absolute atomic E-state index is 12.2. The van der Waals surface area contributed by atoms with Crippen LogP contribution in [-0.4, -0.2) is 24.7 Å². The molecular weight excluding hydrogens is 361 g/mol. The van der Waals surface area contributed by atoms with Gasteiger partial charge in [-0.1, -0.05) is 57.5 Å². The first kappa shape index (κ1) is 20.9. The van der Waals surface area contributed by atoms with Crippen LogP contribution in [0.1, 0.15) is 65.4 Å². The third kappa shape index (κ3) is 3.55. The van der Waals surface area contributed by atoms with Gasteiger partial charge in [0.05, 0.1) is 11.7 Å². The summed E-state index contributed by atoms with van der Waals surface area (Å²) in [5, 5.41) is 0. The highest BCUT2D eigenvalue weighted by Gasteiger charge is 2.68. The minimum Gasteiger partial charge on any atom is -0.405 e. The van der Waals surface area contributed by atoms with Gasteiger partial charge in [-0.3, -0.25) is 4.79 Å². The molecule has 1 saturated heterocycles. The van der Waals surface area contributed by atoms with Crippen LogP contribution in [0.25, 0.3) is 0 Å². The Morgan fingerprint density at radius 1 is 1.24 bits per heavy atom. The molecule has 4 nitrogen and oxygen atoms in total. The fraction of sp³-hybridized carbons (Fsp3) is 0.708. The topological polar surface area (TPSA) is 61.6 Å². The predicted molar refractivity (Wildman–Crippen MR) is 116 cm³/mol. The van der Waals surface area contributed by atoms with Gasteiger partial charge in [-0.05, 0) is 61.8 Å². The molecule has 1 aliphatic heterocycles. The van der Waals surface area contributed by atoms with E-state index in [0.29, 0.717) is 11.3 Å². The van der Waals surface area contributed by atoms with Gasteiger partial charge in [0.15, 0.2) is 0 Å². The van der Waals surface area contributed by atoms with Crippen LogP contribution in [0.15, 0.2) is 30.3 Å². The first-order valence-corrected chi connectivity index (χ1v) is 11.4. The highest BCUT2D eigenvalue weighted by atomic mass is 16.7. The van der Waals surface area contributed by atoms with Crippen molar-refractivity contribution in [3.8, 4) is 0 Å². The van der Waals surface area contributed by atoms with Gasteiger partial charge < -0.3 is 15.0 Å². The largest absolute Gasteiger partial charge is 0.461 e. The van der Waals surface area contributed by atoms with E-state index in [-0.39, 0.29) is 36.5 Å². The van der Waals surface area contributed by atoms with E-state index in [1.807, 2.05) is 13.0 Å². The normalized spacial score (nSPS) is 34.2. The first-order valence-electron chi connectivity index (χ1n) is 11.4. The number of carbonyl (C=O) groups excluding carboxylic acids is 1. The van der Waals surface area contributed by atoms with Crippen molar-refractivity contribution in [1.29, 1.82) is 0 Å². The van der Waals surface area contributed by atoms with E-state index in [0.717, 1.165) is 38.0 Å². The lowest BCUT2D eigenvalue weighted by Gasteiger charge is -2.64. The number of nitrogens with two attached hydrogens (primary N) is 1. The quantitative estimate of drug-likeness (QED) is 0.651. The highest BCUT2D eigenvalue weighted by Crippen LogP contribution is 2.66. The molecule has 1 heterocycles. The summed E-state index contributed by atoms with van der Waals surface area (Å²) in [6.07, 6.45) is 6.07. The molecule has 4 aliphatic rings. The molecule has 158 valence electrons. The van der Waals surface area contributed by atoms with Crippen molar-refractivity contribution < 1.29 is 14.1 Å². The van der Waals surface area contributed by atoms with Crippen molar-refractivity contribution in [3.63, 3.8) is 0 Å². The SMILES string of the molecule is CCC(C(N)=O)[C@@H](CCCc1ccccc1)B1O[C@@H]2C[C@@H]3C[C@@H](C3(C)C)[C@]2(C)O1. The Morgan fingerprint density at radius 3 is 2.59 bits per heavy atom. The summed E-state index contributed by atoms with van der Waals surface area (Å²) in [7, 11) is -0.326. The van der Waals surface area contributed by atoms with Crippen LogP contribution < -0.4 is 5.73 Å². The second-order valence-electron chi connectivity index (χ2n) is 10.3. The molecule has 5 rings (SSSR count). The molecule has 0 spiro atoms. The number of hydrogen-bond donors (Lipinski definition) is 1. The second-order valence-corrected chi connectivity index (χ2v) is 10.3. The molecule has 3 saturated carbocycles. The maximum atomic E-state index is 12.2. The van der Waals surface area contributed by atoms with Gasteiger partial charge in [-0.15, -0.1) is 0 Å². The Morgan fingerprint density at radius 2 is 1.97 bits per heavy atom. The maximum Gasteiger partial charge on any atom is 0.461 e. The molecule has 2 bridgehead atoms. The minimum absolute atomic E-state index is 0.0175. The Labute approximate surface area is 176 Å². The molecule has 2 N–H and O–H groups in total. The van der Waals surface area contributed by atoms with Crippen molar-refractivity contribution in [2.75, 3.05) is 0 Å². The number of carbonyl (C=O) groups is 1. The van der Waals surface area contributed by atoms with Gasteiger partial charge in [0.2, 0.25) is 5.91 Å². The lowest BCUT2D eigenvalue weighted by atomic mass is 9.43. The molecule has 0 aromatic heterocycles. The summed E-state index contributed by atoms with van der Waals surface area (Å²) in [4.78, 5) is 12.2. The van der Waals surface area contributed by atoms with Crippen LogP contribution in [-0.2, 0) is 20.5 Å². The van der Waals surface area contributed by atoms with Gasteiger partial charge in [-0.25, -0.2) is 0 Å². The number of aryl methyl sites for hydroxylation is 1. The fourth-order valence-electron chi connectivity index (χ4n) is 6.51. The smallest absolute Gasteiger partial charge is 0.405 e. The summed E-state index contributed by atoms with van der Waals surface area (Å²) in [5.74, 6) is 0.838. The Bertz CT molecular complexity index is 739. The van der Waals surface area contributed by atoms with Gasteiger partial charge >= 0.3 is 7.12 Å². The van der Waals surface area contributed by atoms with Crippen LogP contribution in [0.3, 0.4) is 0 Å². The van der Waals surface area contributed by atoms with E-state index in [1.165, 1.54) is 12.0 Å². The van der Waals surface area contributed by atoms with E-state index >= 15 is 0 Å². The molecule has 4 fully saturated rings. The van der Waals surface area contributed by atoms with Crippen molar-refractivity contribution >= 4 is 13.0 Å². The van der Waals surface area contributed by atoms with Crippen LogP contribution in [0.2, 0.25) is 5.82 Å². The molecule has 6 atom stereocenters. The fourth-order valence-corrected chi connectivity index (χ4v) is 6.51. The molecular formula is C24H36BNO3. The molecule has 0 radical (unpaired) electrons. The summed E-state index contributed by atoms with van der Waals surface area (Å²) in [6, 6.07) is 10.5. The average Bonchev–Trinajstić information content (AvgIpc) is 3.04. The molecule has 1 aromatic carbocycles. The zero-order chi connectivity index (χ0) is 20.8. The van der Waals surface area contributed by atoms with Gasteiger partial charge in [0, 0.05) is 11.7 Å². The summed E-state index contributed by atoms with van der Waals surface area (Å²) < 4.78 is 13.2. The Hall–Kier alpha value is -1.33. The lowest BCUT2D eigenvalue weighted by molar-refractivity contribution is -0.199. The standard InChI is InChI=1S/C24H36BNO3/c1-5-18(22(26)27)19(13-9-12-16-10-7-6-8-11-16)25-28-21-15-17-14-20(23(17,2)3)24(21,4)29-25/h6-8,10-11,17-21H,5,9,12-15H2,1-4H3,(H2,26,27)/t17-,18?,19+,20-,21+,24-/m0/s1. The van der Waals surface area contributed by atoms with E-state index in [2.05, 4.69) is 45.0 Å². The monoisotopic (exact) mass is 397 g/mol. The van der Waals surface area contributed by atoms with Crippen molar-refractivity contribution in [1.82, 2.24) is 0 Å². The number of benzene rings is 1. The van der Waals surface area contributed by atoms with Gasteiger partial charge in [0.25, 0.3) is 0 Å². The lowest BCUT2D eigenvalue weighted by Crippen LogP contribution is -2.65. The third-order valence-corrected chi connectivity index (χ3v) is 8.49. The molecule has 3 aliphatic carbocycles. The van der Waals surface area contributed by atoms with Crippen LogP contribution in [0.5, 0.6) is 0 Å². The number of primary amides is 1. The third-order valence-electron chi connectivity index (χ3n) is 8.49. The van der Waals surface area contributed by atoms with Crippen molar-refractivity contribution in [2.24, 2.45) is 28.9 Å². The molecule has 1 unspecified atom stereocenters. The zero-order valence-electron chi connectivity index (χ0n) is 18.4. The van der Waals surface area contributed by atoms with E-state index in [9.17, 15) is 4.79 Å². The number of amides is 1. The summed E-state index contributed by atoms with van der Waals surface area (Å²) in [5.41, 5.74) is 7.22. The number of hydrogen-bond acceptors (Lipinski definition) is 3. The van der Waals surface area contributed by atoms with Crippen LogP contribution >= 0.6 is 0 Å². The minimum atomic E-state index is -0.326. The molecule has 5 heteroatoms. The summed E-state index contributed by atoms with van der Waals surface area (Å²) >= 11 is 0. The van der Waals surface area contributed by atoms with Gasteiger partial charge in [-0.2, -0.15) is 0 Å². The molecule has 1 amide bonds. The Kier molecular flexibility index (Phi) is 5.58. The zero-order valence-corrected chi connectivity index (χ0v) is 18.4. The van der Waals surface area contributed by atoms with Crippen molar-refractivity contribution in [3.05, 3.63) is 35.9 Å². The first-order chi connectivity index (χ1) is 13.8. The van der Waals surface area contributed by atoms with Crippen LogP contribution in [0.4, 0.5) is 0 Å². The van der Waals surface area contributed by atoms with E-state index in [4.69, 9.17) is 15.0 Å². The van der Waals surface area contributed by atoms with Gasteiger partial charge in [0.1, 0.15) is 0 Å². The van der Waals surface area contributed by atoms with Crippen molar-refractivity contribution in [2.45, 2.75) is 83.7 Å². The number of rotatable bonds is 8. The predicted octanol–water partition coefficient (Wildman–Crippen LogP) is 4.62. The summed E-state index contributed by atoms with van der Waals surface area (Å²) in [6.45, 7) is 9.04. The second kappa shape index (κ2) is 7.74. The molecule has 29 heavy (non-hydrogen) atoms. The van der Waals surface area contributed by atoms with E-state index in [1.54, 1.807) is 0 Å². The molecule has 1 aromatic rings. The van der Waals surface area contributed by atoms with E-state index < -0.39 is 0 Å². The Balaban J connectivity index is 1.49. The van der Waals surface area contributed by atoms with Crippen LogP contribution in [0, 0.1) is 23.2 Å². The highest BCUT2D eigenvalue weighted by molar-refractivity contribution is 6.48.